The molecule has 2 aromatic rings. The number of benzene rings is 1. The normalized spacial score (nSPS) is 21.5. The van der Waals surface area contributed by atoms with Crippen molar-refractivity contribution in [3.63, 3.8) is 0 Å². The van der Waals surface area contributed by atoms with Crippen LogP contribution in [0.1, 0.15) is 55.2 Å². The highest BCUT2D eigenvalue weighted by Crippen LogP contribution is 2.44. The molecule has 0 bridgehead atoms. The van der Waals surface area contributed by atoms with E-state index in [-0.39, 0.29) is 17.4 Å². The predicted octanol–water partition coefficient (Wildman–Crippen LogP) is 4.36. The van der Waals surface area contributed by atoms with Crippen LogP contribution in [0.5, 0.6) is 11.5 Å². The molecule has 7 heteroatoms. The van der Waals surface area contributed by atoms with Gasteiger partial charge in [0.1, 0.15) is 34.8 Å². The van der Waals surface area contributed by atoms with Crippen LogP contribution in [0.2, 0.25) is 0 Å². The number of hydrogen-bond acceptors (Lipinski definition) is 6. The van der Waals surface area contributed by atoms with Gasteiger partial charge in [-0.2, -0.15) is 0 Å². The third kappa shape index (κ3) is 3.69. The number of aliphatic hydroxyl groups excluding tert-OH is 1. The summed E-state index contributed by atoms with van der Waals surface area (Å²) in [6, 6.07) is 7.63. The van der Waals surface area contributed by atoms with E-state index in [2.05, 4.69) is 0 Å². The van der Waals surface area contributed by atoms with Crippen molar-refractivity contribution in [2.45, 2.75) is 51.1 Å². The zero-order valence-corrected chi connectivity index (χ0v) is 18.0. The molecule has 1 unspecified atom stereocenters. The van der Waals surface area contributed by atoms with Gasteiger partial charge in [0, 0.05) is 12.1 Å². The summed E-state index contributed by atoms with van der Waals surface area (Å²) < 4.78 is 16.5. The Balaban J connectivity index is 1.88. The smallest absolute Gasteiger partial charge is 0.296 e. The Morgan fingerprint density at radius 2 is 1.81 bits per heavy atom. The number of rotatable bonds is 5. The number of likely N-dealkylation sites (tertiary alicyclic amines) is 1. The molecule has 164 valence electrons. The summed E-state index contributed by atoms with van der Waals surface area (Å²) in [5.74, 6) is 0.446. The van der Waals surface area contributed by atoms with Gasteiger partial charge >= 0.3 is 0 Å². The van der Waals surface area contributed by atoms with Crippen LogP contribution in [0.4, 0.5) is 0 Å². The van der Waals surface area contributed by atoms with E-state index in [4.69, 9.17) is 13.9 Å². The first-order valence-corrected chi connectivity index (χ1v) is 10.5. The number of amides is 1. The molecule has 1 N–H and O–H groups in total. The highest BCUT2D eigenvalue weighted by molar-refractivity contribution is 6.46. The number of furan rings is 1. The Morgan fingerprint density at radius 3 is 2.42 bits per heavy atom. The Kier molecular flexibility index (Phi) is 5.76. The molecule has 2 heterocycles. The van der Waals surface area contributed by atoms with Crippen molar-refractivity contribution in [2.75, 3.05) is 14.2 Å². The summed E-state index contributed by atoms with van der Waals surface area (Å²) >= 11 is 0. The van der Waals surface area contributed by atoms with Crippen LogP contribution in [0.25, 0.3) is 5.76 Å². The molecule has 7 nitrogen and oxygen atoms in total. The van der Waals surface area contributed by atoms with E-state index in [1.54, 1.807) is 35.2 Å². The molecule has 1 aromatic heterocycles. The van der Waals surface area contributed by atoms with E-state index in [1.807, 2.05) is 6.92 Å². The topological polar surface area (TPSA) is 89.2 Å². The fraction of sp³-hybridized carbons (Fsp3) is 0.417. The minimum Gasteiger partial charge on any atom is -0.507 e. The van der Waals surface area contributed by atoms with Crippen molar-refractivity contribution in [3.8, 4) is 11.5 Å². The zero-order chi connectivity index (χ0) is 22.1. The number of ketones is 1. The van der Waals surface area contributed by atoms with Crippen molar-refractivity contribution in [1.29, 1.82) is 0 Å². The highest BCUT2D eigenvalue weighted by Gasteiger charge is 2.50. The van der Waals surface area contributed by atoms with Gasteiger partial charge in [-0.05, 0) is 44.0 Å². The fourth-order valence-corrected chi connectivity index (χ4v) is 4.60. The molecule has 1 atom stereocenters. The Bertz CT molecular complexity index is 1030. The first-order valence-electron chi connectivity index (χ1n) is 10.5. The molecular formula is C24H27NO6. The molecule has 31 heavy (non-hydrogen) atoms. The van der Waals surface area contributed by atoms with Crippen LogP contribution in [0, 0.1) is 6.92 Å². The predicted molar refractivity (Wildman–Crippen MR) is 114 cm³/mol. The average Bonchev–Trinajstić information content (AvgIpc) is 3.34. The van der Waals surface area contributed by atoms with Crippen LogP contribution in [-0.2, 0) is 9.59 Å². The molecule has 4 rings (SSSR count). The molecular weight excluding hydrogens is 398 g/mol. The van der Waals surface area contributed by atoms with E-state index in [0.717, 1.165) is 32.1 Å². The lowest BCUT2D eigenvalue weighted by molar-refractivity contribution is -0.142. The maximum absolute atomic E-state index is 13.2. The third-order valence-electron chi connectivity index (χ3n) is 6.14. The molecule has 1 aromatic carbocycles. The second-order valence-electron chi connectivity index (χ2n) is 8.01. The fourth-order valence-electron chi connectivity index (χ4n) is 4.60. The SMILES string of the molecule is COc1ccc(/C(O)=C2/C(=O)C(=O)N(C3CCCCC3)C2c2ccc(C)o2)c(OC)c1. The molecule has 0 spiro atoms. The lowest BCUT2D eigenvalue weighted by Gasteiger charge is -2.34. The summed E-state index contributed by atoms with van der Waals surface area (Å²) in [5.41, 5.74) is 0.339. The van der Waals surface area contributed by atoms with Crippen molar-refractivity contribution in [1.82, 2.24) is 4.90 Å². The van der Waals surface area contributed by atoms with Gasteiger partial charge in [-0.25, -0.2) is 0 Å². The van der Waals surface area contributed by atoms with Crippen molar-refractivity contribution in [3.05, 3.63) is 53.0 Å². The Hall–Kier alpha value is -3.22. The summed E-state index contributed by atoms with van der Waals surface area (Å²) in [4.78, 5) is 27.9. The number of aryl methyl sites for hydroxylation is 1. The van der Waals surface area contributed by atoms with E-state index in [1.165, 1.54) is 14.2 Å². The summed E-state index contributed by atoms with van der Waals surface area (Å²) in [5, 5.41) is 11.3. The van der Waals surface area contributed by atoms with Gasteiger partial charge < -0.3 is 23.9 Å². The third-order valence-corrected chi connectivity index (χ3v) is 6.14. The van der Waals surface area contributed by atoms with Crippen LogP contribution < -0.4 is 9.47 Å². The monoisotopic (exact) mass is 425 g/mol. The largest absolute Gasteiger partial charge is 0.507 e. The summed E-state index contributed by atoms with van der Waals surface area (Å²) in [7, 11) is 3.00. The molecule has 2 aliphatic rings. The van der Waals surface area contributed by atoms with E-state index in [9.17, 15) is 14.7 Å². The Labute approximate surface area is 181 Å². The van der Waals surface area contributed by atoms with E-state index < -0.39 is 17.7 Å². The molecule has 1 saturated carbocycles. The maximum Gasteiger partial charge on any atom is 0.296 e. The van der Waals surface area contributed by atoms with Gasteiger partial charge in [0.05, 0.1) is 25.4 Å². The first-order chi connectivity index (χ1) is 15.0. The summed E-state index contributed by atoms with van der Waals surface area (Å²) in [6.45, 7) is 1.81. The number of aliphatic hydroxyl groups is 1. The molecule has 1 amide bonds. The van der Waals surface area contributed by atoms with Gasteiger partial charge in [0.15, 0.2) is 0 Å². The minimum absolute atomic E-state index is 0.0217. The lowest BCUT2D eigenvalue weighted by Crippen LogP contribution is -2.40. The van der Waals surface area contributed by atoms with Crippen LogP contribution in [0.3, 0.4) is 0 Å². The standard InChI is InChI=1S/C24H27NO6/c1-14-9-12-18(31-14)21-20(22(26)17-11-10-16(29-2)13-19(17)30-3)23(27)24(28)25(21)15-7-5-4-6-8-15/h9-13,15,21,26H,4-8H2,1-3H3/b22-20-. The number of hydrogen-bond donors (Lipinski definition) is 1. The summed E-state index contributed by atoms with van der Waals surface area (Å²) in [6.07, 6.45) is 4.78. The van der Waals surface area contributed by atoms with Gasteiger partial charge in [-0.3, -0.25) is 9.59 Å². The molecule has 1 aliphatic carbocycles. The minimum atomic E-state index is -0.774. The Morgan fingerprint density at radius 1 is 1.06 bits per heavy atom. The first kappa shape index (κ1) is 21.0. The zero-order valence-electron chi connectivity index (χ0n) is 18.0. The van der Waals surface area contributed by atoms with Gasteiger partial charge in [0.25, 0.3) is 11.7 Å². The molecule has 1 saturated heterocycles. The highest BCUT2D eigenvalue weighted by atomic mass is 16.5. The number of ether oxygens (including phenoxy) is 2. The van der Waals surface area contributed by atoms with Crippen molar-refractivity contribution >= 4 is 17.4 Å². The average molecular weight is 425 g/mol. The van der Waals surface area contributed by atoms with E-state index in [0.29, 0.717) is 28.6 Å². The number of nitrogens with zero attached hydrogens (tertiary/aromatic N) is 1. The molecule has 2 fully saturated rings. The van der Waals surface area contributed by atoms with Crippen LogP contribution in [0.15, 0.2) is 40.3 Å². The lowest BCUT2D eigenvalue weighted by atomic mass is 9.92. The second kappa shape index (κ2) is 8.49. The number of Topliss-reactive ketones (excluding diaryl/α,β-unsaturated/α-hetero) is 1. The molecule has 0 radical (unpaired) electrons. The maximum atomic E-state index is 13.2. The van der Waals surface area contributed by atoms with Crippen LogP contribution in [-0.4, -0.2) is 42.0 Å². The van der Waals surface area contributed by atoms with Gasteiger partial charge in [0.2, 0.25) is 0 Å². The second-order valence-corrected chi connectivity index (χ2v) is 8.01. The van der Waals surface area contributed by atoms with E-state index >= 15 is 0 Å². The number of carbonyl (C=O) groups is 2. The molecule has 1 aliphatic heterocycles. The van der Waals surface area contributed by atoms with Gasteiger partial charge in [-0.15, -0.1) is 0 Å². The number of carbonyl (C=O) groups excluding carboxylic acids is 2. The van der Waals surface area contributed by atoms with Crippen molar-refractivity contribution in [2.24, 2.45) is 0 Å². The van der Waals surface area contributed by atoms with Crippen LogP contribution >= 0.6 is 0 Å². The quantitative estimate of drug-likeness (QED) is 0.435. The van der Waals surface area contributed by atoms with Crippen molar-refractivity contribution < 1.29 is 28.6 Å². The van der Waals surface area contributed by atoms with Gasteiger partial charge in [-0.1, -0.05) is 19.3 Å². The number of methoxy groups -OCH3 is 2.